The van der Waals surface area contributed by atoms with Crippen molar-refractivity contribution in [3.05, 3.63) is 29.8 Å². The fourth-order valence-corrected chi connectivity index (χ4v) is 1.78. The van der Waals surface area contributed by atoms with Crippen LogP contribution in [0.4, 0.5) is 0 Å². The monoisotopic (exact) mass is 178 g/mol. The lowest BCUT2D eigenvalue weighted by molar-refractivity contribution is 0.0804. The largest absolute Gasteiger partial charge is 0.508 e. The van der Waals surface area contributed by atoms with E-state index in [9.17, 15) is 5.11 Å². The molecule has 0 bridgehead atoms. The quantitative estimate of drug-likeness (QED) is 0.715. The molecule has 1 aromatic carbocycles. The first kappa shape index (κ1) is 8.57. The highest BCUT2D eigenvalue weighted by Crippen LogP contribution is 2.27. The Hall–Kier alpha value is -1.02. The van der Waals surface area contributed by atoms with E-state index in [1.54, 1.807) is 6.07 Å². The summed E-state index contributed by atoms with van der Waals surface area (Å²) >= 11 is 0. The van der Waals surface area contributed by atoms with Crippen LogP contribution in [0.3, 0.4) is 0 Å². The molecule has 1 aliphatic rings. The van der Waals surface area contributed by atoms with Crippen molar-refractivity contribution < 1.29 is 9.84 Å². The summed E-state index contributed by atoms with van der Waals surface area (Å²) < 4.78 is 5.39. The molecular formula is C11H14O2. The van der Waals surface area contributed by atoms with Gasteiger partial charge in [-0.1, -0.05) is 12.1 Å². The standard InChI is InChI=1S/C11H14O2/c12-11-5-1-3-9(7-11)10-4-2-6-13-8-10/h1,3,5,7,10,12H,2,4,6,8H2. The Kier molecular flexibility index (Phi) is 2.50. The minimum atomic E-state index is 0.350. The van der Waals surface area contributed by atoms with Gasteiger partial charge in [-0.25, -0.2) is 0 Å². The number of ether oxygens (including phenoxy) is 1. The van der Waals surface area contributed by atoms with Gasteiger partial charge in [-0.3, -0.25) is 0 Å². The van der Waals surface area contributed by atoms with Gasteiger partial charge in [0.15, 0.2) is 0 Å². The highest BCUT2D eigenvalue weighted by atomic mass is 16.5. The Bertz CT molecular complexity index is 277. The lowest BCUT2D eigenvalue weighted by Gasteiger charge is -2.22. The first-order chi connectivity index (χ1) is 6.36. The molecule has 1 saturated heterocycles. The molecule has 1 heterocycles. The molecule has 0 amide bonds. The van der Waals surface area contributed by atoms with E-state index in [-0.39, 0.29) is 0 Å². The van der Waals surface area contributed by atoms with Gasteiger partial charge in [-0.15, -0.1) is 0 Å². The van der Waals surface area contributed by atoms with Gasteiger partial charge in [0.05, 0.1) is 6.61 Å². The van der Waals surface area contributed by atoms with Gasteiger partial charge >= 0.3 is 0 Å². The molecule has 1 unspecified atom stereocenters. The third-order valence-corrected chi connectivity index (χ3v) is 2.50. The Morgan fingerprint density at radius 3 is 3.00 bits per heavy atom. The summed E-state index contributed by atoms with van der Waals surface area (Å²) in [5.74, 6) is 0.823. The van der Waals surface area contributed by atoms with Gasteiger partial charge < -0.3 is 9.84 Å². The molecule has 1 fully saturated rings. The number of hydrogen-bond acceptors (Lipinski definition) is 2. The lowest BCUT2D eigenvalue weighted by Crippen LogP contribution is -2.15. The molecule has 0 aromatic heterocycles. The average Bonchev–Trinajstić information content (AvgIpc) is 2.19. The van der Waals surface area contributed by atoms with E-state index in [4.69, 9.17) is 4.74 Å². The molecule has 1 N–H and O–H groups in total. The van der Waals surface area contributed by atoms with E-state index in [1.807, 2.05) is 12.1 Å². The van der Waals surface area contributed by atoms with Gasteiger partial charge in [0.25, 0.3) is 0 Å². The predicted molar refractivity (Wildman–Crippen MR) is 50.9 cm³/mol. The Morgan fingerprint density at radius 2 is 2.31 bits per heavy atom. The summed E-state index contributed by atoms with van der Waals surface area (Å²) in [4.78, 5) is 0. The minimum absolute atomic E-state index is 0.350. The fraction of sp³-hybridized carbons (Fsp3) is 0.455. The van der Waals surface area contributed by atoms with Crippen LogP contribution >= 0.6 is 0 Å². The first-order valence-electron chi connectivity index (χ1n) is 4.73. The molecule has 13 heavy (non-hydrogen) atoms. The Balaban J connectivity index is 2.14. The zero-order valence-corrected chi connectivity index (χ0v) is 7.57. The first-order valence-corrected chi connectivity index (χ1v) is 4.73. The van der Waals surface area contributed by atoms with Gasteiger partial charge in [0.1, 0.15) is 5.75 Å². The molecule has 2 rings (SSSR count). The number of rotatable bonds is 1. The molecule has 70 valence electrons. The third-order valence-electron chi connectivity index (χ3n) is 2.50. The van der Waals surface area contributed by atoms with E-state index >= 15 is 0 Å². The van der Waals surface area contributed by atoms with E-state index in [1.165, 1.54) is 12.0 Å². The van der Waals surface area contributed by atoms with E-state index < -0.39 is 0 Å². The van der Waals surface area contributed by atoms with Crippen LogP contribution in [0, 0.1) is 0 Å². The lowest BCUT2D eigenvalue weighted by atomic mass is 9.93. The highest BCUT2D eigenvalue weighted by Gasteiger charge is 2.15. The van der Waals surface area contributed by atoms with Crippen molar-refractivity contribution >= 4 is 0 Å². The molecule has 2 nitrogen and oxygen atoms in total. The maximum Gasteiger partial charge on any atom is 0.115 e. The van der Waals surface area contributed by atoms with Crippen LogP contribution in [0.1, 0.15) is 24.3 Å². The molecule has 0 radical (unpaired) electrons. The number of benzene rings is 1. The summed E-state index contributed by atoms with van der Waals surface area (Å²) in [6, 6.07) is 7.48. The topological polar surface area (TPSA) is 29.5 Å². The van der Waals surface area contributed by atoms with Crippen molar-refractivity contribution in [3.8, 4) is 5.75 Å². The van der Waals surface area contributed by atoms with E-state index in [0.717, 1.165) is 19.6 Å². The predicted octanol–water partition coefficient (Wildman–Crippen LogP) is 2.29. The van der Waals surface area contributed by atoms with Crippen LogP contribution in [0.5, 0.6) is 5.75 Å². The molecule has 0 aliphatic carbocycles. The second kappa shape index (κ2) is 3.79. The van der Waals surface area contributed by atoms with Crippen LogP contribution < -0.4 is 0 Å². The second-order valence-electron chi connectivity index (χ2n) is 3.51. The minimum Gasteiger partial charge on any atom is -0.508 e. The molecule has 1 atom stereocenters. The van der Waals surface area contributed by atoms with Crippen molar-refractivity contribution in [1.29, 1.82) is 0 Å². The average molecular weight is 178 g/mol. The fourth-order valence-electron chi connectivity index (χ4n) is 1.78. The number of aromatic hydroxyl groups is 1. The Labute approximate surface area is 78.2 Å². The van der Waals surface area contributed by atoms with Crippen LogP contribution in [-0.4, -0.2) is 18.3 Å². The molecule has 1 aliphatic heterocycles. The normalized spacial score (nSPS) is 22.9. The SMILES string of the molecule is Oc1cccc(C2CCCOC2)c1. The third kappa shape index (κ3) is 2.01. The van der Waals surface area contributed by atoms with Gasteiger partial charge in [-0.2, -0.15) is 0 Å². The van der Waals surface area contributed by atoms with Crippen molar-refractivity contribution in [2.45, 2.75) is 18.8 Å². The number of phenols is 1. The summed E-state index contributed by atoms with van der Waals surface area (Å²) in [5.41, 5.74) is 1.19. The molecular weight excluding hydrogens is 164 g/mol. The van der Waals surface area contributed by atoms with Crippen molar-refractivity contribution in [2.24, 2.45) is 0 Å². The maximum absolute atomic E-state index is 9.30. The summed E-state index contributed by atoms with van der Waals surface area (Å²) in [7, 11) is 0. The zero-order chi connectivity index (χ0) is 9.10. The zero-order valence-electron chi connectivity index (χ0n) is 7.57. The smallest absolute Gasteiger partial charge is 0.115 e. The molecule has 0 saturated carbocycles. The molecule has 2 heteroatoms. The highest BCUT2D eigenvalue weighted by molar-refractivity contribution is 5.29. The molecule has 0 spiro atoms. The van der Waals surface area contributed by atoms with Gasteiger partial charge in [0.2, 0.25) is 0 Å². The summed E-state index contributed by atoms with van der Waals surface area (Å²) in [6.45, 7) is 1.68. The van der Waals surface area contributed by atoms with E-state index in [2.05, 4.69) is 6.07 Å². The van der Waals surface area contributed by atoms with Gasteiger partial charge in [0, 0.05) is 12.5 Å². The van der Waals surface area contributed by atoms with Crippen LogP contribution in [0.2, 0.25) is 0 Å². The Morgan fingerprint density at radius 1 is 1.38 bits per heavy atom. The van der Waals surface area contributed by atoms with Crippen molar-refractivity contribution in [3.63, 3.8) is 0 Å². The van der Waals surface area contributed by atoms with Crippen molar-refractivity contribution in [2.75, 3.05) is 13.2 Å². The molecule has 1 aromatic rings. The summed E-state index contributed by atoms with van der Waals surface area (Å²) in [5, 5.41) is 9.30. The number of hydrogen-bond donors (Lipinski definition) is 1. The second-order valence-corrected chi connectivity index (χ2v) is 3.51. The summed E-state index contributed by atoms with van der Waals surface area (Å²) in [6.07, 6.45) is 2.30. The van der Waals surface area contributed by atoms with Crippen molar-refractivity contribution in [1.82, 2.24) is 0 Å². The maximum atomic E-state index is 9.30. The van der Waals surface area contributed by atoms with Crippen LogP contribution in [0.25, 0.3) is 0 Å². The van der Waals surface area contributed by atoms with E-state index in [0.29, 0.717) is 11.7 Å². The van der Waals surface area contributed by atoms with Crippen LogP contribution in [0.15, 0.2) is 24.3 Å². The van der Waals surface area contributed by atoms with Crippen LogP contribution in [-0.2, 0) is 4.74 Å². The number of phenolic OH excluding ortho intramolecular Hbond substituents is 1. The van der Waals surface area contributed by atoms with Gasteiger partial charge in [-0.05, 0) is 30.5 Å².